The van der Waals surface area contributed by atoms with E-state index in [1.807, 2.05) is 18.2 Å². The number of fused-ring (bicyclic) bond motifs is 1. The van der Waals surface area contributed by atoms with E-state index in [2.05, 4.69) is 36.3 Å². The zero-order valence-corrected chi connectivity index (χ0v) is 12.6. The number of nitrogens with zero attached hydrogens (tertiary/aromatic N) is 2. The summed E-state index contributed by atoms with van der Waals surface area (Å²) in [7, 11) is 0. The Morgan fingerprint density at radius 1 is 1.20 bits per heavy atom. The predicted molar refractivity (Wildman–Crippen MR) is 78.5 cm³/mol. The van der Waals surface area contributed by atoms with Crippen molar-refractivity contribution in [2.24, 2.45) is 0 Å². The van der Waals surface area contributed by atoms with Gasteiger partial charge in [-0.2, -0.15) is 0 Å². The van der Waals surface area contributed by atoms with Crippen LogP contribution < -0.4 is 14.8 Å². The van der Waals surface area contributed by atoms with Crippen molar-refractivity contribution in [3.8, 4) is 11.5 Å². The van der Waals surface area contributed by atoms with Gasteiger partial charge in [0, 0.05) is 12.0 Å². The minimum Gasteiger partial charge on any atom is -0.454 e. The fraction of sp³-hybridized carbons (Fsp3) is 0.429. The van der Waals surface area contributed by atoms with E-state index in [-0.39, 0.29) is 5.41 Å². The largest absolute Gasteiger partial charge is 0.454 e. The molecule has 0 saturated carbocycles. The van der Waals surface area contributed by atoms with Gasteiger partial charge in [0.1, 0.15) is 5.01 Å². The Balaban J connectivity index is 1.66. The van der Waals surface area contributed by atoms with Crippen LogP contribution in [0, 0.1) is 0 Å². The standard InChI is InChI=1S/C14H17N3O2S/c1-14(2,3)12-16-17-13(20-12)15-7-9-4-5-10-11(6-9)19-8-18-10/h4-6H,7-8H2,1-3H3,(H,15,17). The zero-order chi connectivity index (χ0) is 14.2. The van der Waals surface area contributed by atoms with Crippen LogP contribution >= 0.6 is 11.3 Å². The molecule has 20 heavy (non-hydrogen) atoms. The average molecular weight is 291 g/mol. The number of ether oxygens (including phenoxy) is 2. The minimum atomic E-state index is 0.0380. The molecule has 1 aliphatic heterocycles. The van der Waals surface area contributed by atoms with Crippen LogP contribution in [0.5, 0.6) is 11.5 Å². The maximum absolute atomic E-state index is 5.36. The van der Waals surface area contributed by atoms with Crippen LogP contribution in [-0.4, -0.2) is 17.0 Å². The molecule has 106 valence electrons. The Hall–Kier alpha value is -1.82. The van der Waals surface area contributed by atoms with Crippen molar-refractivity contribution in [1.29, 1.82) is 0 Å². The molecular weight excluding hydrogens is 274 g/mol. The van der Waals surface area contributed by atoms with E-state index in [0.29, 0.717) is 13.3 Å². The van der Waals surface area contributed by atoms with Crippen molar-refractivity contribution >= 4 is 16.5 Å². The van der Waals surface area contributed by atoms with Gasteiger partial charge >= 0.3 is 0 Å². The SMILES string of the molecule is CC(C)(C)c1nnc(NCc2ccc3c(c2)OCO3)s1. The predicted octanol–water partition coefficient (Wildman–Crippen LogP) is 3.18. The lowest BCUT2D eigenvalue weighted by Gasteiger charge is -2.12. The molecule has 0 saturated heterocycles. The van der Waals surface area contributed by atoms with E-state index in [4.69, 9.17) is 9.47 Å². The molecule has 3 rings (SSSR count). The maximum atomic E-state index is 5.36. The van der Waals surface area contributed by atoms with Crippen LogP contribution in [0.15, 0.2) is 18.2 Å². The molecule has 0 spiro atoms. The monoisotopic (exact) mass is 291 g/mol. The van der Waals surface area contributed by atoms with E-state index in [0.717, 1.165) is 27.2 Å². The average Bonchev–Trinajstić information content (AvgIpc) is 3.04. The van der Waals surface area contributed by atoms with E-state index < -0.39 is 0 Å². The number of hydrogen-bond donors (Lipinski definition) is 1. The van der Waals surface area contributed by atoms with E-state index in [1.165, 1.54) is 0 Å². The molecule has 0 radical (unpaired) electrons. The lowest BCUT2D eigenvalue weighted by molar-refractivity contribution is 0.174. The molecule has 1 aliphatic rings. The maximum Gasteiger partial charge on any atom is 0.231 e. The van der Waals surface area contributed by atoms with Crippen molar-refractivity contribution in [2.75, 3.05) is 12.1 Å². The van der Waals surface area contributed by atoms with E-state index in [1.54, 1.807) is 11.3 Å². The molecule has 0 unspecified atom stereocenters. The normalized spacial score (nSPS) is 13.6. The van der Waals surface area contributed by atoms with Gasteiger partial charge in [0.25, 0.3) is 0 Å². The lowest BCUT2D eigenvalue weighted by atomic mass is 9.98. The summed E-state index contributed by atoms with van der Waals surface area (Å²) in [6.45, 7) is 7.40. The van der Waals surface area contributed by atoms with Gasteiger partial charge in [0.2, 0.25) is 11.9 Å². The van der Waals surface area contributed by atoms with Gasteiger partial charge in [-0.3, -0.25) is 0 Å². The highest BCUT2D eigenvalue weighted by Gasteiger charge is 2.19. The first-order valence-electron chi connectivity index (χ1n) is 6.49. The molecule has 2 aromatic rings. The number of hydrogen-bond acceptors (Lipinski definition) is 6. The molecule has 2 heterocycles. The van der Waals surface area contributed by atoms with Gasteiger partial charge in [0.05, 0.1) is 0 Å². The van der Waals surface area contributed by atoms with Gasteiger partial charge in [-0.05, 0) is 17.7 Å². The van der Waals surface area contributed by atoms with E-state index in [9.17, 15) is 0 Å². The third-order valence-corrected chi connectivity index (χ3v) is 4.25. The summed E-state index contributed by atoms with van der Waals surface area (Å²) in [6.07, 6.45) is 0. The zero-order valence-electron chi connectivity index (χ0n) is 11.8. The fourth-order valence-electron chi connectivity index (χ4n) is 1.83. The summed E-state index contributed by atoms with van der Waals surface area (Å²) in [5.41, 5.74) is 1.16. The smallest absolute Gasteiger partial charge is 0.231 e. The third-order valence-electron chi connectivity index (χ3n) is 2.95. The van der Waals surface area contributed by atoms with Crippen LogP contribution in [0.25, 0.3) is 0 Å². The highest BCUT2D eigenvalue weighted by Crippen LogP contribution is 2.33. The molecule has 0 aliphatic carbocycles. The highest BCUT2D eigenvalue weighted by atomic mass is 32.1. The Morgan fingerprint density at radius 2 is 2.00 bits per heavy atom. The molecule has 6 heteroatoms. The quantitative estimate of drug-likeness (QED) is 0.941. The van der Waals surface area contributed by atoms with Crippen molar-refractivity contribution in [2.45, 2.75) is 32.7 Å². The Bertz CT molecular complexity index is 619. The fourth-order valence-corrected chi connectivity index (χ4v) is 2.62. The number of rotatable bonds is 3. The number of nitrogens with one attached hydrogen (secondary N) is 1. The third kappa shape index (κ3) is 2.70. The van der Waals surface area contributed by atoms with E-state index >= 15 is 0 Å². The van der Waals surface area contributed by atoms with Gasteiger partial charge in [-0.15, -0.1) is 10.2 Å². The lowest BCUT2D eigenvalue weighted by Crippen LogP contribution is -2.10. The summed E-state index contributed by atoms with van der Waals surface area (Å²) in [6, 6.07) is 5.94. The Kier molecular flexibility index (Phi) is 3.25. The first-order chi connectivity index (χ1) is 9.52. The highest BCUT2D eigenvalue weighted by molar-refractivity contribution is 7.15. The number of benzene rings is 1. The summed E-state index contributed by atoms with van der Waals surface area (Å²) in [5.74, 6) is 1.61. The topological polar surface area (TPSA) is 56.3 Å². The molecular formula is C14H17N3O2S. The van der Waals surface area contributed by atoms with Crippen molar-refractivity contribution in [3.05, 3.63) is 28.8 Å². The second-order valence-corrected chi connectivity index (χ2v) is 6.68. The van der Waals surface area contributed by atoms with Gasteiger partial charge in [-0.1, -0.05) is 38.2 Å². The summed E-state index contributed by atoms with van der Waals surface area (Å²) in [5, 5.41) is 13.6. The molecule has 1 N–H and O–H groups in total. The van der Waals surface area contributed by atoms with Gasteiger partial charge in [0.15, 0.2) is 11.5 Å². The molecule has 0 atom stereocenters. The van der Waals surface area contributed by atoms with Crippen LogP contribution in [0.4, 0.5) is 5.13 Å². The first kappa shape index (κ1) is 13.2. The molecule has 0 bridgehead atoms. The van der Waals surface area contributed by atoms with Crippen LogP contribution in [0.2, 0.25) is 0 Å². The second-order valence-electron chi connectivity index (χ2n) is 5.70. The molecule has 1 aromatic carbocycles. The number of anilines is 1. The second kappa shape index (κ2) is 4.94. The van der Waals surface area contributed by atoms with Crippen molar-refractivity contribution in [1.82, 2.24) is 10.2 Å². The molecule has 0 fully saturated rings. The van der Waals surface area contributed by atoms with Gasteiger partial charge in [-0.25, -0.2) is 0 Å². The van der Waals surface area contributed by atoms with Crippen molar-refractivity contribution in [3.63, 3.8) is 0 Å². The van der Waals surface area contributed by atoms with Crippen LogP contribution in [-0.2, 0) is 12.0 Å². The Morgan fingerprint density at radius 3 is 2.75 bits per heavy atom. The van der Waals surface area contributed by atoms with Crippen LogP contribution in [0.1, 0.15) is 31.3 Å². The Labute approximate surface area is 121 Å². The number of aromatic nitrogens is 2. The summed E-state index contributed by atoms with van der Waals surface area (Å²) >= 11 is 1.60. The molecule has 5 nitrogen and oxygen atoms in total. The molecule has 1 aromatic heterocycles. The first-order valence-corrected chi connectivity index (χ1v) is 7.30. The summed E-state index contributed by atoms with van der Waals surface area (Å²) < 4.78 is 10.7. The van der Waals surface area contributed by atoms with Gasteiger partial charge < -0.3 is 14.8 Å². The van der Waals surface area contributed by atoms with Crippen molar-refractivity contribution < 1.29 is 9.47 Å². The molecule has 0 amide bonds. The van der Waals surface area contributed by atoms with Crippen LogP contribution in [0.3, 0.4) is 0 Å². The minimum absolute atomic E-state index is 0.0380. The summed E-state index contributed by atoms with van der Waals surface area (Å²) in [4.78, 5) is 0.